The summed E-state index contributed by atoms with van der Waals surface area (Å²) in [5.74, 6) is -0.246. The van der Waals surface area contributed by atoms with E-state index in [1.807, 2.05) is 0 Å². The Morgan fingerprint density at radius 1 is 1.50 bits per heavy atom. The number of fused-ring (bicyclic) bond motifs is 1. The van der Waals surface area contributed by atoms with Gasteiger partial charge in [-0.15, -0.1) is 0 Å². The van der Waals surface area contributed by atoms with Gasteiger partial charge in [-0.1, -0.05) is 0 Å². The largest absolute Gasteiger partial charge is 0.368 e. The van der Waals surface area contributed by atoms with E-state index in [0.717, 1.165) is 25.6 Å². The maximum absolute atomic E-state index is 11.2. The van der Waals surface area contributed by atoms with E-state index >= 15 is 0 Å². The predicted octanol–water partition coefficient (Wildman–Crippen LogP) is -0.382. The smallest absolute Gasteiger partial charge is 0.234 e. The number of hydrogen-bond donors (Lipinski definition) is 2. The van der Waals surface area contributed by atoms with Crippen molar-refractivity contribution in [2.75, 3.05) is 33.2 Å². The molecular formula is C13H26N4O. The Kier molecular flexibility index (Phi) is 4.59. The molecule has 2 fully saturated rings. The third-order valence-electron chi connectivity index (χ3n) is 4.46. The van der Waals surface area contributed by atoms with Crippen LogP contribution in [0.2, 0.25) is 0 Å². The van der Waals surface area contributed by atoms with Crippen LogP contribution in [0, 0.1) is 0 Å². The summed E-state index contributed by atoms with van der Waals surface area (Å²) in [5.41, 5.74) is 5.35. The predicted molar refractivity (Wildman–Crippen MR) is 72.3 cm³/mol. The van der Waals surface area contributed by atoms with Crippen molar-refractivity contribution in [2.45, 2.75) is 44.3 Å². The minimum absolute atomic E-state index is 0.196. The monoisotopic (exact) mass is 254 g/mol. The highest BCUT2D eigenvalue weighted by Crippen LogP contribution is 2.24. The molecule has 3 unspecified atom stereocenters. The van der Waals surface area contributed by atoms with Gasteiger partial charge in [-0.25, -0.2) is 0 Å². The van der Waals surface area contributed by atoms with E-state index in [1.165, 1.54) is 25.9 Å². The van der Waals surface area contributed by atoms with Crippen LogP contribution in [-0.4, -0.2) is 67.1 Å². The van der Waals surface area contributed by atoms with Gasteiger partial charge >= 0.3 is 0 Å². The Bertz CT molecular complexity index is 297. The third-order valence-corrected chi connectivity index (χ3v) is 4.46. The van der Waals surface area contributed by atoms with E-state index in [9.17, 15) is 4.79 Å². The number of nitrogens with two attached hydrogens (primary N) is 1. The van der Waals surface area contributed by atoms with Gasteiger partial charge in [0, 0.05) is 31.7 Å². The molecule has 2 heterocycles. The van der Waals surface area contributed by atoms with Crippen LogP contribution in [0.25, 0.3) is 0 Å². The molecule has 0 radical (unpaired) electrons. The van der Waals surface area contributed by atoms with Crippen molar-refractivity contribution in [2.24, 2.45) is 5.73 Å². The molecule has 0 aromatic rings. The van der Waals surface area contributed by atoms with Crippen LogP contribution in [0.3, 0.4) is 0 Å². The van der Waals surface area contributed by atoms with Gasteiger partial charge in [-0.3, -0.25) is 14.6 Å². The van der Waals surface area contributed by atoms with Crippen LogP contribution in [-0.2, 0) is 4.79 Å². The van der Waals surface area contributed by atoms with E-state index in [-0.39, 0.29) is 11.9 Å². The Balaban J connectivity index is 1.83. The van der Waals surface area contributed by atoms with Crippen molar-refractivity contribution < 1.29 is 4.79 Å². The lowest BCUT2D eigenvalue weighted by molar-refractivity contribution is -0.120. The lowest BCUT2D eigenvalue weighted by Crippen LogP contribution is -2.55. The molecule has 0 spiro atoms. The number of likely N-dealkylation sites (N-methyl/N-ethyl adjacent to an activating group) is 1. The minimum atomic E-state index is -0.246. The van der Waals surface area contributed by atoms with E-state index in [1.54, 1.807) is 7.05 Å². The Morgan fingerprint density at radius 2 is 2.28 bits per heavy atom. The molecule has 5 heteroatoms. The number of carbonyl (C=O) groups is 1. The maximum Gasteiger partial charge on any atom is 0.234 e. The fourth-order valence-electron chi connectivity index (χ4n) is 3.28. The minimum Gasteiger partial charge on any atom is -0.368 e. The summed E-state index contributed by atoms with van der Waals surface area (Å²) in [7, 11) is 1.80. The topological polar surface area (TPSA) is 61.6 Å². The molecule has 2 aliphatic rings. The Hall–Kier alpha value is -0.650. The van der Waals surface area contributed by atoms with Crippen LogP contribution >= 0.6 is 0 Å². The number of hydrogen-bond acceptors (Lipinski definition) is 4. The molecule has 0 aromatic carbocycles. The molecule has 2 saturated heterocycles. The van der Waals surface area contributed by atoms with Crippen molar-refractivity contribution >= 4 is 5.91 Å². The van der Waals surface area contributed by atoms with Gasteiger partial charge in [0.05, 0.1) is 6.04 Å². The summed E-state index contributed by atoms with van der Waals surface area (Å²) in [6.07, 6.45) is 3.48. The molecular weight excluding hydrogens is 228 g/mol. The zero-order valence-electron chi connectivity index (χ0n) is 11.6. The quantitative estimate of drug-likeness (QED) is 0.702. The third kappa shape index (κ3) is 3.02. The molecule has 2 aliphatic heterocycles. The SMILES string of the molecule is CNC(CCN1CC2CCCN2CC1C)C(N)=O. The first-order chi connectivity index (χ1) is 8.61. The molecule has 0 bridgehead atoms. The summed E-state index contributed by atoms with van der Waals surface area (Å²) in [6, 6.07) is 1.13. The van der Waals surface area contributed by atoms with Crippen LogP contribution in [0.5, 0.6) is 0 Å². The number of rotatable bonds is 5. The molecule has 0 aliphatic carbocycles. The van der Waals surface area contributed by atoms with Crippen molar-refractivity contribution in [3.05, 3.63) is 0 Å². The molecule has 0 saturated carbocycles. The molecule has 0 aromatic heterocycles. The molecule has 2 rings (SSSR count). The van der Waals surface area contributed by atoms with Crippen molar-refractivity contribution in [1.29, 1.82) is 0 Å². The van der Waals surface area contributed by atoms with Gasteiger partial charge < -0.3 is 11.1 Å². The van der Waals surface area contributed by atoms with Gasteiger partial charge in [0.15, 0.2) is 0 Å². The van der Waals surface area contributed by atoms with E-state index in [0.29, 0.717) is 6.04 Å². The number of piperazine rings is 1. The van der Waals surface area contributed by atoms with Gasteiger partial charge in [-0.2, -0.15) is 0 Å². The zero-order chi connectivity index (χ0) is 13.1. The number of amides is 1. The molecule has 18 heavy (non-hydrogen) atoms. The first-order valence-corrected chi connectivity index (χ1v) is 7.06. The average molecular weight is 254 g/mol. The Labute approximate surface area is 110 Å². The highest BCUT2D eigenvalue weighted by atomic mass is 16.1. The fraction of sp³-hybridized carbons (Fsp3) is 0.923. The van der Waals surface area contributed by atoms with Crippen molar-refractivity contribution in [3.63, 3.8) is 0 Å². The summed E-state index contributed by atoms with van der Waals surface area (Å²) in [5, 5.41) is 2.99. The second-order valence-corrected chi connectivity index (χ2v) is 5.67. The van der Waals surface area contributed by atoms with Gasteiger partial charge in [0.2, 0.25) is 5.91 Å². The van der Waals surface area contributed by atoms with Crippen molar-refractivity contribution in [1.82, 2.24) is 15.1 Å². The number of nitrogens with one attached hydrogen (secondary N) is 1. The number of nitrogens with zero attached hydrogens (tertiary/aromatic N) is 2. The Morgan fingerprint density at radius 3 is 2.94 bits per heavy atom. The molecule has 3 atom stereocenters. The lowest BCUT2D eigenvalue weighted by atomic mass is 10.1. The second-order valence-electron chi connectivity index (χ2n) is 5.67. The molecule has 5 nitrogen and oxygen atoms in total. The highest BCUT2D eigenvalue weighted by Gasteiger charge is 2.34. The summed E-state index contributed by atoms with van der Waals surface area (Å²) in [6.45, 7) is 6.83. The van der Waals surface area contributed by atoms with Crippen LogP contribution in [0.4, 0.5) is 0 Å². The number of carbonyl (C=O) groups excluding carboxylic acids is 1. The van der Waals surface area contributed by atoms with E-state index in [4.69, 9.17) is 5.73 Å². The zero-order valence-corrected chi connectivity index (χ0v) is 11.6. The van der Waals surface area contributed by atoms with Crippen molar-refractivity contribution in [3.8, 4) is 0 Å². The highest BCUT2D eigenvalue weighted by molar-refractivity contribution is 5.79. The summed E-state index contributed by atoms with van der Waals surface area (Å²) >= 11 is 0. The summed E-state index contributed by atoms with van der Waals surface area (Å²) < 4.78 is 0. The first-order valence-electron chi connectivity index (χ1n) is 7.06. The molecule has 3 N–H and O–H groups in total. The maximum atomic E-state index is 11.2. The summed E-state index contributed by atoms with van der Waals surface area (Å²) in [4.78, 5) is 16.3. The lowest BCUT2D eigenvalue weighted by Gasteiger charge is -2.42. The van der Waals surface area contributed by atoms with Crippen LogP contribution in [0.15, 0.2) is 0 Å². The van der Waals surface area contributed by atoms with Gasteiger partial charge in [-0.05, 0) is 39.8 Å². The standard InChI is InChI=1S/C13H26N4O/c1-10-8-17-6-3-4-11(17)9-16(10)7-5-12(15-2)13(14)18/h10-12,15H,3-9H2,1-2H3,(H2,14,18). The molecule has 104 valence electrons. The van der Waals surface area contributed by atoms with E-state index in [2.05, 4.69) is 22.0 Å². The van der Waals surface area contributed by atoms with Gasteiger partial charge in [0.1, 0.15) is 0 Å². The fourth-order valence-corrected chi connectivity index (χ4v) is 3.28. The second kappa shape index (κ2) is 5.99. The average Bonchev–Trinajstić information content (AvgIpc) is 2.76. The normalized spacial score (nSPS) is 31.2. The van der Waals surface area contributed by atoms with Crippen LogP contribution < -0.4 is 11.1 Å². The first kappa shape index (κ1) is 13.8. The van der Waals surface area contributed by atoms with Crippen LogP contribution in [0.1, 0.15) is 26.2 Å². The number of primary amides is 1. The van der Waals surface area contributed by atoms with Gasteiger partial charge in [0.25, 0.3) is 0 Å². The molecule has 1 amide bonds. The van der Waals surface area contributed by atoms with E-state index < -0.39 is 0 Å².